The van der Waals surface area contributed by atoms with Crippen LogP contribution in [-0.2, 0) is 11.3 Å². The Labute approximate surface area is 104 Å². The van der Waals surface area contributed by atoms with Gasteiger partial charge in [-0.15, -0.1) is 12.4 Å². The monoisotopic (exact) mass is 262 g/mol. The number of hydrogen-bond acceptors (Lipinski definition) is 2. The third-order valence-corrected chi connectivity index (χ3v) is 2.60. The van der Waals surface area contributed by atoms with Gasteiger partial charge in [-0.3, -0.25) is 4.79 Å². The molecule has 0 atom stereocenters. The lowest BCUT2D eigenvalue weighted by atomic mass is 10.0. The zero-order chi connectivity index (χ0) is 11.5. The first kappa shape index (κ1) is 13.9. The van der Waals surface area contributed by atoms with E-state index in [1.165, 1.54) is 6.07 Å². The van der Waals surface area contributed by atoms with Crippen LogP contribution in [0, 0.1) is 17.6 Å². The summed E-state index contributed by atoms with van der Waals surface area (Å²) in [7, 11) is 0. The van der Waals surface area contributed by atoms with Gasteiger partial charge in [-0.2, -0.15) is 0 Å². The van der Waals surface area contributed by atoms with Crippen molar-refractivity contribution in [3.63, 3.8) is 0 Å². The van der Waals surface area contributed by atoms with Gasteiger partial charge in [-0.25, -0.2) is 8.78 Å². The van der Waals surface area contributed by atoms with Crippen molar-refractivity contribution < 1.29 is 13.6 Å². The molecule has 1 saturated heterocycles. The van der Waals surface area contributed by atoms with Crippen molar-refractivity contribution in [2.24, 2.45) is 5.92 Å². The van der Waals surface area contributed by atoms with Crippen LogP contribution in [0.3, 0.4) is 0 Å². The molecule has 0 aliphatic carbocycles. The third kappa shape index (κ3) is 3.38. The topological polar surface area (TPSA) is 41.1 Å². The Hall–Kier alpha value is -1.20. The molecule has 1 amide bonds. The molecule has 3 nitrogen and oxygen atoms in total. The van der Waals surface area contributed by atoms with E-state index < -0.39 is 11.6 Å². The number of carbonyl (C=O) groups is 1. The normalized spacial score (nSPS) is 14.7. The van der Waals surface area contributed by atoms with Gasteiger partial charge in [0.2, 0.25) is 5.91 Å². The highest BCUT2D eigenvalue weighted by atomic mass is 35.5. The Morgan fingerprint density at radius 1 is 1.35 bits per heavy atom. The number of hydrogen-bond donors (Lipinski definition) is 2. The lowest BCUT2D eigenvalue weighted by Crippen LogP contribution is -2.50. The summed E-state index contributed by atoms with van der Waals surface area (Å²) in [5.74, 6) is -1.82. The second kappa shape index (κ2) is 5.93. The van der Waals surface area contributed by atoms with E-state index >= 15 is 0 Å². The number of rotatable bonds is 3. The summed E-state index contributed by atoms with van der Waals surface area (Å²) >= 11 is 0. The van der Waals surface area contributed by atoms with E-state index in [1.807, 2.05) is 0 Å². The minimum Gasteiger partial charge on any atom is -0.352 e. The lowest BCUT2D eigenvalue weighted by molar-refractivity contribution is -0.126. The summed E-state index contributed by atoms with van der Waals surface area (Å²) in [6.45, 7) is 1.60. The molecule has 1 aromatic rings. The van der Waals surface area contributed by atoms with Crippen LogP contribution in [0.5, 0.6) is 0 Å². The van der Waals surface area contributed by atoms with E-state index in [0.29, 0.717) is 18.7 Å². The number of amides is 1. The highest BCUT2D eigenvalue weighted by Crippen LogP contribution is 2.09. The van der Waals surface area contributed by atoms with E-state index in [2.05, 4.69) is 10.6 Å². The van der Waals surface area contributed by atoms with Gasteiger partial charge in [0.05, 0.1) is 5.92 Å². The standard InChI is InChI=1S/C11H12F2N2O.ClH/c12-9-2-1-7(3-10(9)13)4-15-11(16)8-5-14-6-8;/h1-3,8,14H,4-6H2,(H,15,16);1H. The molecule has 6 heteroatoms. The number of benzene rings is 1. The molecule has 1 fully saturated rings. The van der Waals surface area contributed by atoms with Crippen LogP contribution in [0.4, 0.5) is 8.78 Å². The van der Waals surface area contributed by atoms with Gasteiger partial charge in [0.1, 0.15) is 0 Å². The second-order valence-electron chi connectivity index (χ2n) is 3.82. The van der Waals surface area contributed by atoms with E-state index in [0.717, 1.165) is 12.1 Å². The summed E-state index contributed by atoms with van der Waals surface area (Å²) in [5.41, 5.74) is 0.555. The average Bonchev–Trinajstić information content (AvgIpc) is 2.17. The molecular weight excluding hydrogens is 250 g/mol. The van der Waals surface area contributed by atoms with Gasteiger partial charge >= 0.3 is 0 Å². The number of carbonyl (C=O) groups excluding carboxylic acids is 1. The van der Waals surface area contributed by atoms with Crippen molar-refractivity contribution in [1.82, 2.24) is 10.6 Å². The summed E-state index contributed by atoms with van der Waals surface area (Å²) in [4.78, 5) is 11.4. The first-order valence-electron chi connectivity index (χ1n) is 5.09. The van der Waals surface area contributed by atoms with E-state index in [-0.39, 0.29) is 30.8 Å². The van der Waals surface area contributed by atoms with Crippen molar-refractivity contribution in [3.05, 3.63) is 35.4 Å². The van der Waals surface area contributed by atoms with Gasteiger partial charge < -0.3 is 10.6 Å². The Morgan fingerprint density at radius 3 is 2.59 bits per heavy atom. The molecule has 94 valence electrons. The van der Waals surface area contributed by atoms with Gasteiger partial charge in [0.25, 0.3) is 0 Å². The SMILES string of the molecule is Cl.O=C(NCc1ccc(F)c(F)c1)C1CNC1. The minimum atomic E-state index is -0.892. The molecule has 0 spiro atoms. The van der Waals surface area contributed by atoms with Gasteiger partial charge in [0.15, 0.2) is 11.6 Å². The molecule has 1 aromatic carbocycles. The van der Waals surface area contributed by atoms with Crippen LogP contribution in [0.25, 0.3) is 0 Å². The van der Waals surface area contributed by atoms with E-state index in [1.54, 1.807) is 0 Å². The van der Waals surface area contributed by atoms with Crippen LogP contribution in [-0.4, -0.2) is 19.0 Å². The Bertz CT molecular complexity index is 410. The molecule has 0 radical (unpaired) electrons. The van der Waals surface area contributed by atoms with Crippen molar-refractivity contribution in [2.75, 3.05) is 13.1 Å². The summed E-state index contributed by atoms with van der Waals surface area (Å²) in [6, 6.07) is 3.61. The predicted octanol–water partition coefficient (Wildman–Crippen LogP) is 1.22. The van der Waals surface area contributed by atoms with Gasteiger partial charge in [-0.1, -0.05) is 6.07 Å². The Kier molecular flexibility index (Phi) is 4.84. The molecular formula is C11H13ClF2N2O. The fourth-order valence-electron chi connectivity index (χ4n) is 1.46. The summed E-state index contributed by atoms with van der Waals surface area (Å²) < 4.78 is 25.5. The van der Waals surface area contributed by atoms with Gasteiger partial charge in [0, 0.05) is 19.6 Å². The van der Waals surface area contributed by atoms with Crippen molar-refractivity contribution in [2.45, 2.75) is 6.54 Å². The maximum Gasteiger partial charge on any atom is 0.225 e. The van der Waals surface area contributed by atoms with Crippen LogP contribution in [0.1, 0.15) is 5.56 Å². The van der Waals surface area contributed by atoms with Crippen molar-refractivity contribution >= 4 is 18.3 Å². The highest BCUT2D eigenvalue weighted by Gasteiger charge is 2.24. The third-order valence-electron chi connectivity index (χ3n) is 2.60. The maximum atomic E-state index is 12.8. The summed E-state index contributed by atoms with van der Waals surface area (Å²) in [5, 5.41) is 5.67. The average molecular weight is 263 g/mol. The molecule has 1 aliphatic heterocycles. The number of halogens is 3. The molecule has 17 heavy (non-hydrogen) atoms. The molecule has 0 unspecified atom stereocenters. The number of nitrogens with one attached hydrogen (secondary N) is 2. The first-order chi connectivity index (χ1) is 7.66. The molecule has 1 heterocycles. The fraction of sp³-hybridized carbons (Fsp3) is 0.364. The lowest BCUT2D eigenvalue weighted by Gasteiger charge is -2.25. The van der Waals surface area contributed by atoms with Crippen LogP contribution < -0.4 is 10.6 Å². The Morgan fingerprint density at radius 2 is 2.06 bits per heavy atom. The van der Waals surface area contributed by atoms with E-state index in [9.17, 15) is 13.6 Å². The molecule has 0 bridgehead atoms. The zero-order valence-electron chi connectivity index (χ0n) is 9.00. The van der Waals surface area contributed by atoms with E-state index in [4.69, 9.17) is 0 Å². The highest BCUT2D eigenvalue weighted by molar-refractivity contribution is 5.85. The largest absolute Gasteiger partial charge is 0.352 e. The van der Waals surface area contributed by atoms with Crippen molar-refractivity contribution in [1.29, 1.82) is 0 Å². The van der Waals surface area contributed by atoms with Gasteiger partial charge in [-0.05, 0) is 17.7 Å². The summed E-state index contributed by atoms with van der Waals surface area (Å²) in [6.07, 6.45) is 0. The first-order valence-corrected chi connectivity index (χ1v) is 5.09. The van der Waals surface area contributed by atoms with Crippen LogP contribution in [0.15, 0.2) is 18.2 Å². The zero-order valence-corrected chi connectivity index (χ0v) is 9.82. The molecule has 0 aromatic heterocycles. The maximum absolute atomic E-state index is 12.8. The molecule has 2 rings (SSSR count). The predicted molar refractivity (Wildman–Crippen MR) is 61.8 cm³/mol. The van der Waals surface area contributed by atoms with Crippen LogP contribution in [0.2, 0.25) is 0 Å². The molecule has 1 aliphatic rings. The fourth-order valence-corrected chi connectivity index (χ4v) is 1.46. The van der Waals surface area contributed by atoms with Crippen molar-refractivity contribution in [3.8, 4) is 0 Å². The van der Waals surface area contributed by atoms with Crippen LogP contribution >= 0.6 is 12.4 Å². The quantitative estimate of drug-likeness (QED) is 0.860. The second-order valence-corrected chi connectivity index (χ2v) is 3.82. The molecule has 2 N–H and O–H groups in total. The molecule has 0 saturated carbocycles. The Balaban J connectivity index is 0.00000144. The smallest absolute Gasteiger partial charge is 0.225 e. The minimum absolute atomic E-state index is 0.